The van der Waals surface area contributed by atoms with Crippen LogP contribution in [0.4, 0.5) is 5.69 Å². The van der Waals surface area contributed by atoms with Crippen LogP contribution in [0.15, 0.2) is 18.2 Å². The van der Waals surface area contributed by atoms with E-state index in [1.165, 1.54) is 5.69 Å². The van der Waals surface area contributed by atoms with Gasteiger partial charge in [-0.1, -0.05) is 11.6 Å². The summed E-state index contributed by atoms with van der Waals surface area (Å²) >= 11 is 6.01. The van der Waals surface area contributed by atoms with Gasteiger partial charge in [-0.15, -0.1) is 24.8 Å². The molecule has 0 bridgehead atoms. The predicted molar refractivity (Wildman–Crippen MR) is 82.2 cm³/mol. The molecule has 1 atom stereocenters. The molecule has 18 heavy (non-hydrogen) atoms. The molecular weight excluding hydrogens is 295 g/mol. The Labute approximate surface area is 126 Å². The molecule has 0 aromatic heterocycles. The molecule has 0 aliphatic carbocycles. The van der Waals surface area contributed by atoms with Gasteiger partial charge in [0, 0.05) is 37.4 Å². The third-order valence-electron chi connectivity index (χ3n) is 2.87. The summed E-state index contributed by atoms with van der Waals surface area (Å²) in [6.07, 6.45) is 0. The number of hydrogen-bond acceptors (Lipinski definition) is 3. The van der Waals surface area contributed by atoms with Crippen molar-refractivity contribution in [1.82, 2.24) is 5.32 Å². The number of benzene rings is 1. The van der Waals surface area contributed by atoms with Crippen LogP contribution in [0.1, 0.15) is 6.92 Å². The summed E-state index contributed by atoms with van der Waals surface area (Å²) < 4.78 is 5.23. The lowest BCUT2D eigenvalue weighted by atomic mass is 10.2. The molecule has 6 heteroatoms. The molecule has 0 unspecified atom stereocenters. The average Bonchev–Trinajstić information content (AvgIpc) is 2.29. The van der Waals surface area contributed by atoms with Crippen molar-refractivity contribution in [2.75, 3.05) is 31.6 Å². The molecule has 1 aliphatic rings. The van der Waals surface area contributed by atoms with Gasteiger partial charge in [-0.05, 0) is 19.1 Å². The van der Waals surface area contributed by atoms with E-state index in [4.69, 9.17) is 16.3 Å². The van der Waals surface area contributed by atoms with Crippen LogP contribution in [0.2, 0.25) is 5.02 Å². The Balaban J connectivity index is 0.00000144. The number of anilines is 1. The summed E-state index contributed by atoms with van der Waals surface area (Å²) in [4.78, 5) is 2.35. The van der Waals surface area contributed by atoms with Crippen LogP contribution in [0.3, 0.4) is 0 Å². The third kappa shape index (κ3) is 4.09. The van der Waals surface area contributed by atoms with E-state index in [1.54, 1.807) is 7.11 Å². The lowest BCUT2D eigenvalue weighted by Crippen LogP contribution is -2.49. The number of methoxy groups -OCH3 is 1. The van der Waals surface area contributed by atoms with Crippen molar-refractivity contribution in [2.24, 2.45) is 0 Å². The zero-order valence-electron chi connectivity index (χ0n) is 10.5. The highest BCUT2D eigenvalue weighted by atomic mass is 35.5. The Bertz CT molecular complexity index is 376. The smallest absolute Gasteiger partial charge is 0.139 e. The highest BCUT2D eigenvalue weighted by Gasteiger charge is 2.16. The second kappa shape index (κ2) is 7.95. The second-order valence-electron chi connectivity index (χ2n) is 4.12. The number of nitrogens with one attached hydrogen (secondary N) is 1. The minimum Gasteiger partial charge on any atom is -0.495 e. The predicted octanol–water partition coefficient (Wildman–Crippen LogP) is 2.99. The minimum absolute atomic E-state index is 0. The van der Waals surface area contributed by atoms with E-state index in [0.29, 0.717) is 11.1 Å². The first-order valence-electron chi connectivity index (χ1n) is 5.52. The van der Waals surface area contributed by atoms with Gasteiger partial charge in [-0.25, -0.2) is 0 Å². The van der Waals surface area contributed by atoms with Crippen molar-refractivity contribution in [3.05, 3.63) is 23.2 Å². The Kier molecular flexibility index (Phi) is 7.79. The fraction of sp³-hybridized carbons (Fsp3) is 0.500. The van der Waals surface area contributed by atoms with Crippen LogP contribution in [-0.2, 0) is 0 Å². The SMILES string of the molecule is COc1cc(N2CCN[C@@H](C)C2)ccc1Cl.Cl.Cl. The monoisotopic (exact) mass is 312 g/mol. The molecule has 1 heterocycles. The third-order valence-corrected chi connectivity index (χ3v) is 3.18. The van der Waals surface area contributed by atoms with Gasteiger partial charge in [0.2, 0.25) is 0 Å². The first kappa shape index (κ1) is 17.6. The summed E-state index contributed by atoms with van der Waals surface area (Å²) in [6.45, 7) is 5.26. The van der Waals surface area contributed by atoms with E-state index in [2.05, 4.69) is 17.1 Å². The Morgan fingerprint density at radius 1 is 1.39 bits per heavy atom. The molecule has 1 aromatic rings. The van der Waals surface area contributed by atoms with Crippen LogP contribution in [0, 0.1) is 0 Å². The maximum atomic E-state index is 6.01. The van der Waals surface area contributed by atoms with Gasteiger partial charge in [0.15, 0.2) is 0 Å². The van der Waals surface area contributed by atoms with Gasteiger partial charge in [-0.2, -0.15) is 0 Å². The molecule has 2 rings (SSSR count). The molecule has 1 saturated heterocycles. The van der Waals surface area contributed by atoms with Crippen LogP contribution in [-0.4, -0.2) is 32.8 Å². The van der Waals surface area contributed by atoms with Crippen LogP contribution in [0.25, 0.3) is 0 Å². The molecule has 1 aromatic carbocycles. The highest BCUT2D eigenvalue weighted by molar-refractivity contribution is 6.32. The van der Waals surface area contributed by atoms with Gasteiger partial charge in [0.25, 0.3) is 0 Å². The fourth-order valence-electron chi connectivity index (χ4n) is 2.01. The minimum atomic E-state index is 0. The summed E-state index contributed by atoms with van der Waals surface area (Å²) in [5, 5.41) is 4.08. The Hall–Kier alpha value is -0.350. The Morgan fingerprint density at radius 2 is 2.11 bits per heavy atom. The van der Waals surface area contributed by atoms with E-state index in [9.17, 15) is 0 Å². The average molecular weight is 314 g/mol. The quantitative estimate of drug-likeness (QED) is 0.908. The van der Waals surface area contributed by atoms with Crippen molar-refractivity contribution in [3.63, 3.8) is 0 Å². The van der Waals surface area contributed by atoms with Crippen molar-refractivity contribution in [3.8, 4) is 5.75 Å². The van der Waals surface area contributed by atoms with E-state index < -0.39 is 0 Å². The summed E-state index contributed by atoms with van der Waals surface area (Å²) in [6, 6.07) is 6.46. The van der Waals surface area contributed by atoms with E-state index >= 15 is 0 Å². The van der Waals surface area contributed by atoms with Gasteiger partial charge >= 0.3 is 0 Å². The lowest BCUT2D eigenvalue weighted by Gasteiger charge is -2.33. The highest BCUT2D eigenvalue weighted by Crippen LogP contribution is 2.29. The first-order valence-corrected chi connectivity index (χ1v) is 5.90. The molecule has 3 nitrogen and oxygen atoms in total. The molecule has 0 amide bonds. The van der Waals surface area contributed by atoms with Gasteiger partial charge in [-0.3, -0.25) is 0 Å². The Morgan fingerprint density at radius 3 is 2.72 bits per heavy atom. The number of halogens is 3. The van der Waals surface area contributed by atoms with E-state index in [0.717, 1.165) is 25.4 Å². The normalized spacial score (nSPS) is 18.6. The topological polar surface area (TPSA) is 24.5 Å². The molecule has 0 radical (unpaired) electrons. The maximum Gasteiger partial charge on any atom is 0.139 e. The van der Waals surface area contributed by atoms with E-state index in [1.807, 2.05) is 18.2 Å². The number of hydrogen-bond donors (Lipinski definition) is 1. The van der Waals surface area contributed by atoms with Crippen molar-refractivity contribution < 1.29 is 4.74 Å². The fourth-order valence-corrected chi connectivity index (χ4v) is 2.21. The van der Waals surface area contributed by atoms with Gasteiger partial charge < -0.3 is 15.0 Å². The summed E-state index contributed by atoms with van der Waals surface area (Å²) in [5.74, 6) is 0.741. The standard InChI is InChI=1S/C12H17ClN2O.2ClH/c1-9-8-15(6-5-14-9)10-3-4-11(13)12(7-10)16-2;;/h3-4,7,9,14H,5-6,8H2,1-2H3;2*1H/t9-;;/m0../s1. The molecule has 1 N–H and O–H groups in total. The molecule has 1 fully saturated rings. The molecule has 0 saturated carbocycles. The van der Waals surface area contributed by atoms with Crippen molar-refractivity contribution >= 4 is 42.1 Å². The number of nitrogens with zero attached hydrogens (tertiary/aromatic N) is 1. The number of piperazine rings is 1. The number of ether oxygens (including phenoxy) is 1. The van der Waals surface area contributed by atoms with Crippen LogP contribution in [0.5, 0.6) is 5.75 Å². The molecule has 104 valence electrons. The molecule has 0 spiro atoms. The van der Waals surface area contributed by atoms with Crippen LogP contribution < -0.4 is 15.0 Å². The van der Waals surface area contributed by atoms with E-state index in [-0.39, 0.29) is 24.8 Å². The van der Waals surface area contributed by atoms with Crippen LogP contribution >= 0.6 is 36.4 Å². The van der Waals surface area contributed by atoms with Crippen molar-refractivity contribution in [1.29, 1.82) is 0 Å². The van der Waals surface area contributed by atoms with Crippen molar-refractivity contribution in [2.45, 2.75) is 13.0 Å². The molecule has 1 aliphatic heterocycles. The second-order valence-corrected chi connectivity index (χ2v) is 4.53. The first-order chi connectivity index (χ1) is 7.70. The van der Waals surface area contributed by atoms with Gasteiger partial charge in [0.05, 0.1) is 12.1 Å². The zero-order valence-corrected chi connectivity index (χ0v) is 12.9. The maximum absolute atomic E-state index is 6.01. The number of rotatable bonds is 2. The lowest BCUT2D eigenvalue weighted by molar-refractivity contribution is 0.414. The zero-order chi connectivity index (χ0) is 11.5. The summed E-state index contributed by atoms with van der Waals surface area (Å²) in [5.41, 5.74) is 1.18. The van der Waals surface area contributed by atoms with Gasteiger partial charge in [0.1, 0.15) is 5.75 Å². The summed E-state index contributed by atoms with van der Waals surface area (Å²) in [7, 11) is 1.64. The molecular formula is C12H19Cl3N2O. The largest absolute Gasteiger partial charge is 0.495 e.